The van der Waals surface area contributed by atoms with Crippen LogP contribution in [0.4, 0.5) is 0 Å². The van der Waals surface area contributed by atoms with E-state index < -0.39 is 5.97 Å². The minimum absolute atomic E-state index is 0.412. The summed E-state index contributed by atoms with van der Waals surface area (Å²) in [5.41, 5.74) is 2.82. The lowest BCUT2D eigenvalue weighted by Crippen LogP contribution is -2.09. The van der Waals surface area contributed by atoms with Gasteiger partial charge in [-0.25, -0.2) is 9.78 Å². The van der Waals surface area contributed by atoms with Crippen LogP contribution in [0.1, 0.15) is 28.0 Å². The third kappa shape index (κ3) is 1.51. The van der Waals surface area contributed by atoms with Gasteiger partial charge in [-0.3, -0.25) is 0 Å². The number of carboxylic acid groups (broad SMARTS) is 1. The second-order valence-corrected chi connectivity index (χ2v) is 4.11. The number of aromatic nitrogens is 1. The fourth-order valence-corrected chi connectivity index (χ4v) is 2.33. The van der Waals surface area contributed by atoms with E-state index in [0.29, 0.717) is 5.56 Å². The molecular formula is C14H11NO2. The summed E-state index contributed by atoms with van der Waals surface area (Å²) < 4.78 is 0. The summed E-state index contributed by atoms with van der Waals surface area (Å²) in [5, 5.41) is 10.1. The zero-order chi connectivity index (χ0) is 11.8. The Bertz CT molecular complexity index is 644. The molecule has 1 aliphatic rings. The van der Waals surface area contributed by atoms with Crippen molar-refractivity contribution >= 4 is 22.9 Å². The Balaban J connectivity index is 2.46. The molecule has 1 aliphatic carbocycles. The number of pyridine rings is 1. The smallest absolute Gasteiger partial charge is 0.336 e. The normalized spacial score (nSPS) is 13.6. The molecule has 0 saturated heterocycles. The van der Waals surface area contributed by atoms with Gasteiger partial charge in [-0.1, -0.05) is 24.3 Å². The number of carbonyl (C=O) groups is 1. The number of rotatable bonds is 1. The first-order valence-corrected chi connectivity index (χ1v) is 5.59. The molecule has 0 atom stereocenters. The van der Waals surface area contributed by atoms with Gasteiger partial charge in [-0.15, -0.1) is 0 Å². The number of aromatic carboxylic acids is 1. The lowest BCUT2D eigenvalue weighted by atomic mass is 9.93. The summed E-state index contributed by atoms with van der Waals surface area (Å²) >= 11 is 0. The van der Waals surface area contributed by atoms with Gasteiger partial charge >= 0.3 is 5.97 Å². The molecule has 0 aliphatic heterocycles. The Labute approximate surface area is 98.4 Å². The van der Waals surface area contributed by atoms with Gasteiger partial charge in [0.25, 0.3) is 0 Å². The molecule has 84 valence electrons. The molecule has 1 aromatic heterocycles. The molecule has 0 amide bonds. The van der Waals surface area contributed by atoms with Gasteiger partial charge < -0.3 is 5.11 Å². The lowest BCUT2D eigenvalue weighted by molar-refractivity contribution is 0.0697. The highest BCUT2D eigenvalue weighted by Crippen LogP contribution is 2.28. The predicted molar refractivity (Wildman–Crippen MR) is 66.1 cm³/mol. The Hall–Kier alpha value is -2.16. The maximum absolute atomic E-state index is 11.4. The van der Waals surface area contributed by atoms with Crippen LogP contribution in [0, 0.1) is 0 Å². The monoisotopic (exact) mass is 225 g/mol. The van der Waals surface area contributed by atoms with Crippen molar-refractivity contribution in [3.63, 3.8) is 0 Å². The van der Waals surface area contributed by atoms with Gasteiger partial charge in [0.2, 0.25) is 0 Å². The van der Waals surface area contributed by atoms with E-state index in [4.69, 9.17) is 0 Å². The Morgan fingerprint density at radius 1 is 1.29 bits per heavy atom. The van der Waals surface area contributed by atoms with Crippen LogP contribution in [0.25, 0.3) is 17.0 Å². The van der Waals surface area contributed by atoms with Crippen LogP contribution >= 0.6 is 0 Å². The molecule has 3 rings (SSSR count). The molecule has 17 heavy (non-hydrogen) atoms. The fourth-order valence-electron chi connectivity index (χ4n) is 2.33. The first-order chi connectivity index (χ1) is 8.27. The highest BCUT2D eigenvalue weighted by molar-refractivity contribution is 6.04. The molecule has 1 aromatic carbocycles. The Morgan fingerprint density at radius 3 is 2.94 bits per heavy atom. The van der Waals surface area contributed by atoms with Crippen LogP contribution in [0.5, 0.6) is 0 Å². The van der Waals surface area contributed by atoms with E-state index in [1.54, 1.807) is 0 Å². The fraction of sp³-hybridized carbons (Fsp3) is 0.143. The third-order valence-corrected chi connectivity index (χ3v) is 3.08. The van der Waals surface area contributed by atoms with Gasteiger partial charge in [0.1, 0.15) is 0 Å². The number of para-hydroxylation sites is 1. The summed E-state index contributed by atoms with van der Waals surface area (Å²) in [7, 11) is 0. The number of benzene rings is 1. The van der Waals surface area contributed by atoms with Crippen molar-refractivity contribution in [1.29, 1.82) is 0 Å². The summed E-state index contributed by atoms with van der Waals surface area (Å²) in [6.07, 6.45) is 5.59. The third-order valence-electron chi connectivity index (χ3n) is 3.08. The maximum atomic E-state index is 11.4. The molecule has 0 radical (unpaired) electrons. The van der Waals surface area contributed by atoms with Crippen LogP contribution in [0.2, 0.25) is 0 Å². The molecule has 3 heteroatoms. The molecule has 2 aromatic rings. The zero-order valence-electron chi connectivity index (χ0n) is 9.18. The number of fused-ring (bicyclic) bond motifs is 2. The first kappa shape index (κ1) is 10.0. The topological polar surface area (TPSA) is 50.2 Å². The predicted octanol–water partition coefficient (Wildman–Crippen LogP) is 2.89. The van der Waals surface area contributed by atoms with E-state index >= 15 is 0 Å². The van der Waals surface area contributed by atoms with E-state index in [0.717, 1.165) is 35.0 Å². The van der Waals surface area contributed by atoms with Gasteiger partial charge in [0.15, 0.2) is 0 Å². The number of carboxylic acids is 1. The highest BCUT2D eigenvalue weighted by atomic mass is 16.4. The van der Waals surface area contributed by atoms with E-state index in [-0.39, 0.29) is 0 Å². The zero-order valence-corrected chi connectivity index (χ0v) is 9.18. The number of nitrogens with zero attached hydrogens (tertiary/aromatic N) is 1. The van der Waals surface area contributed by atoms with Crippen molar-refractivity contribution in [3.8, 4) is 0 Å². The quantitative estimate of drug-likeness (QED) is 0.811. The van der Waals surface area contributed by atoms with Crippen LogP contribution in [-0.2, 0) is 6.42 Å². The lowest BCUT2D eigenvalue weighted by Gasteiger charge is -2.14. The van der Waals surface area contributed by atoms with Crippen molar-refractivity contribution in [3.05, 3.63) is 47.2 Å². The molecular weight excluding hydrogens is 214 g/mol. The number of hydrogen-bond donors (Lipinski definition) is 1. The van der Waals surface area contributed by atoms with E-state index in [9.17, 15) is 9.90 Å². The molecule has 0 saturated carbocycles. The van der Waals surface area contributed by atoms with E-state index in [1.165, 1.54) is 0 Å². The SMILES string of the molecule is O=C(O)c1c2c(nc3ccccc13)C=CCC2. The molecule has 0 spiro atoms. The van der Waals surface area contributed by atoms with Crippen molar-refractivity contribution in [2.24, 2.45) is 0 Å². The largest absolute Gasteiger partial charge is 0.478 e. The second-order valence-electron chi connectivity index (χ2n) is 4.11. The summed E-state index contributed by atoms with van der Waals surface area (Å²) in [6.45, 7) is 0. The summed E-state index contributed by atoms with van der Waals surface area (Å²) in [4.78, 5) is 15.9. The Morgan fingerprint density at radius 2 is 2.12 bits per heavy atom. The van der Waals surface area contributed by atoms with Crippen molar-refractivity contribution in [2.75, 3.05) is 0 Å². The molecule has 1 heterocycles. The molecule has 0 bridgehead atoms. The standard InChI is InChI=1S/C14H11NO2/c16-14(17)13-9-5-1-3-7-11(9)15-12-8-4-2-6-10(12)13/h1,3-5,7-8H,2,6H2,(H,16,17). The first-order valence-electron chi connectivity index (χ1n) is 5.59. The van der Waals surface area contributed by atoms with E-state index in [2.05, 4.69) is 4.98 Å². The molecule has 0 unspecified atom stereocenters. The summed E-state index contributed by atoms with van der Waals surface area (Å²) in [5.74, 6) is -0.866. The van der Waals surface area contributed by atoms with Crippen LogP contribution in [0.15, 0.2) is 30.3 Å². The van der Waals surface area contributed by atoms with Crippen LogP contribution in [-0.4, -0.2) is 16.1 Å². The van der Waals surface area contributed by atoms with E-state index in [1.807, 2.05) is 36.4 Å². The minimum Gasteiger partial charge on any atom is -0.478 e. The van der Waals surface area contributed by atoms with Crippen LogP contribution in [0.3, 0.4) is 0 Å². The average molecular weight is 225 g/mol. The maximum Gasteiger partial charge on any atom is 0.336 e. The number of hydrogen-bond acceptors (Lipinski definition) is 2. The average Bonchev–Trinajstić information content (AvgIpc) is 2.35. The van der Waals surface area contributed by atoms with Crippen molar-refractivity contribution in [1.82, 2.24) is 4.98 Å². The van der Waals surface area contributed by atoms with Crippen molar-refractivity contribution < 1.29 is 9.90 Å². The van der Waals surface area contributed by atoms with Gasteiger partial charge in [-0.2, -0.15) is 0 Å². The van der Waals surface area contributed by atoms with Gasteiger partial charge in [0, 0.05) is 5.39 Å². The Kier molecular flexibility index (Phi) is 2.18. The van der Waals surface area contributed by atoms with Gasteiger partial charge in [0.05, 0.1) is 16.8 Å². The minimum atomic E-state index is -0.866. The number of allylic oxidation sites excluding steroid dienone is 1. The highest BCUT2D eigenvalue weighted by Gasteiger charge is 2.19. The summed E-state index contributed by atoms with van der Waals surface area (Å²) in [6, 6.07) is 7.40. The second kappa shape index (κ2) is 3.70. The molecule has 3 nitrogen and oxygen atoms in total. The molecule has 0 fully saturated rings. The van der Waals surface area contributed by atoms with Crippen LogP contribution < -0.4 is 0 Å². The van der Waals surface area contributed by atoms with Gasteiger partial charge in [-0.05, 0) is 30.5 Å². The van der Waals surface area contributed by atoms with Crippen molar-refractivity contribution in [2.45, 2.75) is 12.8 Å². The molecule has 1 N–H and O–H groups in total.